The predicted molar refractivity (Wildman–Crippen MR) is 171 cm³/mol. The summed E-state index contributed by atoms with van der Waals surface area (Å²) in [7, 11) is 0. The summed E-state index contributed by atoms with van der Waals surface area (Å²) in [5, 5.41) is 4.59. The van der Waals surface area contributed by atoms with Crippen molar-refractivity contribution in [3.8, 4) is 17.2 Å². The fourth-order valence-corrected chi connectivity index (χ4v) is 5.60. The van der Waals surface area contributed by atoms with Crippen molar-refractivity contribution in [3.05, 3.63) is 133 Å². The van der Waals surface area contributed by atoms with E-state index in [2.05, 4.69) is 72.9 Å². The minimum Gasteiger partial charge on any atom is -0.488 e. The van der Waals surface area contributed by atoms with Gasteiger partial charge in [-0.05, 0) is 92.7 Å². The zero-order valence-electron chi connectivity index (χ0n) is 22.7. The second kappa shape index (κ2) is 13.5. The summed E-state index contributed by atoms with van der Waals surface area (Å²) in [6.07, 6.45) is 1.48. The van der Waals surface area contributed by atoms with Gasteiger partial charge in [-0.25, -0.2) is 5.43 Å². The highest BCUT2D eigenvalue weighted by Gasteiger charge is 2.12. The number of benzene rings is 3. The number of hydrogen-bond acceptors (Lipinski definition) is 5. The summed E-state index contributed by atoms with van der Waals surface area (Å²) in [5.74, 6) is 1.39. The van der Waals surface area contributed by atoms with Gasteiger partial charge in [0, 0.05) is 42.2 Å². The number of ether oxygens (including phenoxy) is 2. The Morgan fingerprint density at radius 3 is 2.43 bits per heavy atom. The molecule has 1 N–H and O–H groups in total. The van der Waals surface area contributed by atoms with Gasteiger partial charge in [-0.15, -0.1) is 0 Å². The number of rotatable bonds is 10. The molecule has 0 fully saturated rings. The Morgan fingerprint density at radius 1 is 0.929 bits per heavy atom. The quantitative estimate of drug-likeness (QED) is 0.116. The van der Waals surface area contributed by atoms with E-state index in [-0.39, 0.29) is 12.4 Å². The standard InChI is InChI=1S/C32H26Br2ClN3O4/c1-20-3-4-21(2)38(20)26-8-10-27(11-9-26)40-19-28-12-14-31(42-28)32(39)37-36-17-23-15-25(35)7-13-30(23)41-18-22-5-6-24(33)16-29(22)34/h3-17H,18-19H2,1-2H3,(H,37,39)/b36-17+. The number of nitrogens with one attached hydrogen (secondary N) is 1. The normalized spacial score (nSPS) is 11.2. The van der Waals surface area contributed by atoms with E-state index < -0.39 is 5.91 Å². The second-order valence-corrected chi connectivity index (χ2v) is 11.6. The van der Waals surface area contributed by atoms with Gasteiger partial charge < -0.3 is 18.5 Å². The number of aromatic nitrogens is 1. The van der Waals surface area contributed by atoms with Gasteiger partial charge in [-0.3, -0.25) is 4.79 Å². The van der Waals surface area contributed by atoms with Crippen LogP contribution in [0, 0.1) is 13.8 Å². The van der Waals surface area contributed by atoms with Crippen LogP contribution in [0.25, 0.3) is 5.69 Å². The lowest BCUT2D eigenvalue weighted by Gasteiger charge is -2.11. The number of carbonyl (C=O) groups excluding carboxylic acids is 1. The van der Waals surface area contributed by atoms with Crippen molar-refractivity contribution in [2.75, 3.05) is 0 Å². The zero-order valence-corrected chi connectivity index (χ0v) is 26.7. The number of amides is 1. The highest BCUT2D eigenvalue weighted by molar-refractivity contribution is 9.11. The van der Waals surface area contributed by atoms with E-state index in [1.165, 1.54) is 17.6 Å². The fourth-order valence-electron chi connectivity index (χ4n) is 4.26. The van der Waals surface area contributed by atoms with E-state index in [4.69, 9.17) is 25.5 Å². The maximum absolute atomic E-state index is 12.6. The molecule has 1 amide bonds. The average molecular weight is 712 g/mol. The number of carbonyl (C=O) groups is 1. The molecule has 0 aliphatic heterocycles. The van der Waals surface area contributed by atoms with E-state index in [1.807, 2.05) is 42.5 Å². The minimum absolute atomic E-state index is 0.113. The first-order valence-corrected chi connectivity index (χ1v) is 14.9. The van der Waals surface area contributed by atoms with Gasteiger partial charge in [-0.1, -0.05) is 49.5 Å². The first kappa shape index (κ1) is 29.7. The lowest BCUT2D eigenvalue weighted by Crippen LogP contribution is -2.16. The molecule has 5 rings (SSSR count). The van der Waals surface area contributed by atoms with Crippen LogP contribution in [0.1, 0.15) is 38.8 Å². The number of aryl methyl sites for hydroxylation is 2. The molecule has 0 radical (unpaired) electrons. The minimum atomic E-state index is -0.498. The van der Waals surface area contributed by atoms with Gasteiger partial charge in [0.1, 0.15) is 30.5 Å². The van der Waals surface area contributed by atoms with Crippen LogP contribution in [0.15, 0.2) is 103 Å². The fraction of sp³-hybridized carbons (Fsp3) is 0.125. The Labute approximate surface area is 265 Å². The molecule has 0 aliphatic carbocycles. The number of furan rings is 1. The largest absolute Gasteiger partial charge is 0.488 e. The summed E-state index contributed by atoms with van der Waals surface area (Å²) in [4.78, 5) is 12.6. The van der Waals surface area contributed by atoms with Crippen LogP contribution in [-0.2, 0) is 13.2 Å². The van der Waals surface area contributed by atoms with Crippen LogP contribution in [-0.4, -0.2) is 16.7 Å². The summed E-state index contributed by atoms with van der Waals surface area (Å²) >= 11 is 13.2. The van der Waals surface area contributed by atoms with Crippen LogP contribution in [0.5, 0.6) is 11.5 Å². The van der Waals surface area contributed by atoms with Crippen LogP contribution < -0.4 is 14.9 Å². The lowest BCUT2D eigenvalue weighted by molar-refractivity contribution is 0.0923. The molecule has 42 heavy (non-hydrogen) atoms. The molecule has 2 aromatic heterocycles. The molecule has 0 spiro atoms. The van der Waals surface area contributed by atoms with Crippen molar-refractivity contribution in [1.29, 1.82) is 0 Å². The van der Waals surface area contributed by atoms with Gasteiger partial charge in [0.15, 0.2) is 5.76 Å². The Balaban J connectivity index is 1.16. The molecule has 7 nitrogen and oxygen atoms in total. The molecule has 3 aromatic carbocycles. The van der Waals surface area contributed by atoms with Crippen molar-refractivity contribution in [1.82, 2.24) is 9.99 Å². The van der Waals surface area contributed by atoms with Crippen molar-refractivity contribution >= 4 is 55.6 Å². The Hall–Kier alpha value is -3.79. The molecule has 5 aromatic rings. The number of halogens is 3. The lowest BCUT2D eigenvalue weighted by atomic mass is 10.2. The maximum atomic E-state index is 12.6. The van der Waals surface area contributed by atoms with Crippen LogP contribution in [0.2, 0.25) is 5.02 Å². The monoisotopic (exact) mass is 709 g/mol. The van der Waals surface area contributed by atoms with Crippen LogP contribution in [0.4, 0.5) is 0 Å². The van der Waals surface area contributed by atoms with E-state index >= 15 is 0 Å². The van der Waals surface area contributed by atoms with Gasteiger partial charge >= 0.3 is 5.91 Å². The summed E-state index contributed by atoms with van der Waals surface area (Å²) in [6, 6.07) is 26.3. The highest BCUT2D eigenvalue weighted by Crippen LogP contribution is 2.26. The SMILES string of the molecule is Cc1ccc(C)n1-c1ccc(OCc2ccc(C(=O)N/N=C/c3cc(Cl)ccc3OCc3ccc(Br)cc3Br)o2)cc1. The summed E-state index contributed by atoms with van der Waals surface area (Å²) in [6.45, 7) is 4.65. The van der Waals surface area contributed by atoms with Crippen molar-refractivity contribution in [2.45, 2.75) is 27.1 Å². The third-order valence-electron chi connectivity index (χ3n) is 6.37. The molecule has 214 valence electrons. The topological polar surface area (TPSA) is 78.0 Å². The molecular weight excluding hydrogens is 686 g/mol. The number of nitrogens with zero attached hydrogens (tertiary/aromatic N) is 2. The van der Waals surface area contributed by atoms with Crippen LogP contribution in [0.3, 0.4) is 0 Å². The molecule has 0 atom stereocenters. The molecule has 0 saturated carbocycles. The molecule has 0 aliphatic rings. The smallest absolute Gasteiger partial charge is 0.307 e. The second-order valence-electron chi connectivity index (χ2n) is 9.41. The molecule has 0 saturated heterocycles. The Morgan fingerprint density at radius 2 is 1.69 bits per heavy atom. The first-order chi connectivity index (χ1) is 20.3. The zero-order chi connectivity index (χ0) is 29.6. The average Bonchev–Trinajstić information content (AvgIpc) is 3.58. The van der Waals surface area contributed by atoms with Crippen molar-refractivity contribution in [3.63, 3.8) is 0 Å². The Bertz CT molecular complexity index is 1730. The van der Waals surface area contributed by atoms with Crippen molar-refractivity contribution in [2.24, 2.45) is 5.10 Å². The molecular formula is C32H26Br2ClN3O4. The van der Waals surface area contributed by atoms with Gasteiger partial charge in [0.2, 0.25) is 0 Å². The molecule has 0 bridgehead atoms. The maximum Gasteiger partial charge on any atom is 0.307 e. The number of hydrogen-bond donors (Lipinski definition) is 1. The molecule has 0 unspecified atom stereocenters. The van der Waals surface area contributed by atoms with E-state index in [0.717, 1.165) is 20.2 Å². The third kappa shape index (κ3) is 7.34. The van der Waals surface area contributed by atoms with Gasteiger partial charge in [-0.2, -0.15) is 5.10 Å². The number of hydrazone groups is 1. The van der Waals surface area contributed by atoms with E-state index in [9.17, 15) is 4.79 Å². The van der Waals surface area contributed by atoms with E-state index in [1.54, 1.807) is 30.3 Å². The van der Waals surface area contributed by atoms with Crippen molar-refractivity contribution < 1.29 is 18.7 Å². The predicted octanol–water partition coefficient (Wildman–Crippen LogP) is 8.79. The van der Waals surface area contributed by atoms with Crippen LogP contribution >= 0.6 is 43.5 Å². The third-order valence-corrected chi connectivity index (χ3v) is 7.84. The van der Waals surface area contributed by atoms with Gasteiger partial charge in [0.25, 0.3) is 0 Å². The first-order valence-electron chi connectivity index (χ1n) is 12.9. The molecule has 10 heteroatoms. The summed E-state index contributed by atoms with van der Waals surface area (Å²) in [5.41, 5.74) is 7.46. The Kier molecular flexibility index (Phi) is 9.51. The summed E-state index contributed by atoms with van der Waals surface area (Å²) < 4.78 is 21.6. The van der Waals surface area contributed by atoms with Gasteiger partial charge in [0.05, 0.1) is 6.21 Å². The molecule has 2 heterocycles. The highest BCUT2D eigenvalue weighted by atomic mass is 79.9. The van der Waals surface area contributed by atoms with E-state index in [0.29, 0.717) is 34.5 Å².